The van der Waals surface area contributed by atoms with E-state index in [1.165, 1.54) is 11.5 Å². The van der Waals surface area contributed by atoms with Crippen LogP contribution < -0.4 is 5.76 Å². The standard InChI is InChI=1S/C8H10N4O2S/c1-8(2,3)5-4(15-12-9-5)6-10-11-7(13)14-6/h1-3H3,(H,11,13). The van der Waals surface area contributed by atoms with Crippen molar-refractivity contribution in [2.45, 2.75) is 26.2 Å². The zero-order chi connectivity index (χ0) is 11.1. The number of rotatable bonds is 1. The van der Waals surface area contributed by atoms with Crippen LogP contribution in [0.3, 0.4) is 0 Å². The number of aromatic amines is 1. The topological polar surface area (TPSA) is 84.7 Å². The Morgan fingerprint density at radius 2 is 2.13 bits per heavy atom. The number of aromatic nitrogens is 4. The highest BCUT2D eigenvalue weighted by Gasteiger charge is 2.25. The smallest absolute Gasteiger partial charge is 0.387 e. The van der Waals surface area contributed by atoms with E-state index in [1.54, 1.807) is 0 Å². The molecule has 0 saturated carbocycles. The lowest BCUT2D eigenvalue weighted by molar-refractivity contribution is 0.521. The van der Waals surface area contributed by atoms with E-state index in [4.69, 9.17) is 4.42 Å². The average molecular weight is 226 g/mol. The molecular formula is C8H10N4O2S. The Hall–Kier alpha value is -1.50. The molecule has 0 amide bonds. The van der Waals surface area contributed by atoms with Crippen molar-refractivity contribution in [1.82, 2.24) is 19.8 Å². The molecule has 2 aromatic rings. The van der Waals surface area contributed by atoms with Gasteiger partial charge in [-0.05, 0) is 11.5 Å². The summed E-state index contributed by atoms with van der Waals surface area (Å²) in [5, 5.41) is 10.00. The highest BCUT2D eigenvalue weighted by molar-refractivity contribution is 7.09. The third kappa shape index (κ3) is 1.82. The molecule has 0 aliphatic rings. The first kappa shape index (κ1) is 10.0. The molecule has 0 aliphatic carbocycles. The van der Waals surface area contributed by atoms with Gasteiger partial charge in [-0.15, -0.1) is 10.2 Å². The molecule has 6 nitrogen and oxygen atoms in total. The summed E-state index contributed by atoms with van der Waals surface area (Å²) < 4.78 is 8.72. The molecule has 0 atom stereocenters. The maximum absolute atomic E-state index is 10.8. The van der Waals surface area contributed by atoms with Gasteiger partial charge >= 0.3 is 5.76 Å². The summed E-state index contributed by atoms with van der Waals surface area (Å²) >= 11 is 1.17. The van der Waals surface area contributed by atoms with E-state index in [0.717, 1.165) is 5.69 Å². The normalized spacial score (nSPS) is 11.9. The van der Waals surface area contributed by atoms with Crippen LogP contribution in [0, 0.1) is 0 Å². The summed E-state index contributed by atoms with van der Waals surface area (Å²) in [7, 11) is 0. The number of nitrogens with zero attached hydrogens (tertiary/aromatic N) is 3. The summed E-state index contributed by atoms with van der Waals surface area (Å²) in [4.78, 5) is 11.5. The minimum absolute atomic E-state index is 0.153. The fourth-order valence-electron chi connectivity index (χ4n) is 1.15. The summed E-state index contributed by atoms with van der Waals surface area (Å²) in [5.74, 6) is -0.321. The minimum atomic E-state index is -0.571. The Kier molecular flexibility index (Phi) is 2.18. The van der Waals surface area contributed by atoms with E-state index in [0.29, 0.717) is 4.88 Å². The molecular weight excluding hydrogens is 216 g/mol. The summed E-state index contributed by atoms with van der Waals surface area (Å²) in [6.07, 6.45) is 0. The van der Waals surface area contributed by atoms with Gasteiger partial charge in [-0.3, -0.25) is 0 Å². The van der Waals surface area contributed by atoms with Gasteiger partial charge in [0.05, 0.1) is 5.69 Å². The van der Waals surface area contributed by atoms with E-state index in [-0.39, 0.29) is 11.3 Å². The van der Waals surface area contributed by atoms with Crippen molar-refractivity contribution in [3.05, 3.63) is 16.2 Å². The van der Waals surface area contributed by atoms with Gasteiger partial charge in [0, 0.05) is 5.41 Å². The van der Waals surface area contributed by atoms with Crippen LogP contribution in [0.2, 0.25) is 0 Å². The highest BCUT2D eigenvalue weighted by Crippen LogP contribution is 2.31. The van der Waals surface area contributed by atoms with E-state index in [1.807, 2.05) is 20.8 Å². The van der Waals surface area contributed by atoms with Gasteiger partial charge in [0.1, 0.15) is 4.88 Å². The fourth-order valence-corrected chi connectivity index (χ4v) is 1.95. The average Bonchev–Trinajstić information content (AvgIpc) is 2.68. The molecule has 0 saturated heterocycles. The van der Waals surface area contributed by atoms with Gasteiger partial charge in [0.15, 0.2) is 0 Å². The Bertz CT molecular complexity index is 519. The van der Waals surface area contributed by atoms with Crippen LogP contribution in [0.25, 0.3) is 10.8 Å². The molecule has 80 valence electrons. The van der Waals surface area contributed by atoms with E-state index in [2.05, 4.69) is 19.8 Å². The number of H-pyrrole nitrogens is 1. The molecule has 0 fully saturated rings. The minimum Gasteiger partial charge on any atom is -0.387 e. The van der Waals surface area contributed by atoms with Crippen LogP contribution in [0.15, 0.2) is 9.21 Å². The van der Waals surface area contributed by atoms with Crippen molar-refractivity contribution >= 4 is 11.5 Å². The maximum Gasteiger partial charge on any atom is 0.434 e. The Morgan fingerprint density at radius 3 is 2.67 bits per heavy atom. The molecule has 7 heteroatoms. The van der Waals surface area contributed by atoms with Gasteiger partial charge in [0.25, 0.3) is 5.89 Å². The monoisotopic (exact) mass is 226 g/mol. The van der Waals surface area contributed by atoms with Gasteiger partial charge in [0.2, 0.25) is 0 Å². The van der Waals surface area contributed by atoms with Crippen molar-refractivity contribution in [3.8, 4) is 10.8 Å². The van der Waals surface area contributed by atoms with Gasteiger partial charge < -0.3 is 4.42 Å². The van der Waals surface area contributed by atoms with Crippen molar-refractivity contribution in [3.63, 3.8) is 0 Å². The quantitative estimate of drug-likeness (QED) is 0.789. The molecule has 0 aromatic carbocycles. The molecule has 0 bridgehead atoms. The summed E-state index contributed by atoms with van der Waals surface area (Å²) in [6.45, 7) is 6.04. The number of hydrogen-bond acceptors (Lipinski definition) is 6. The van der Waals surface area contributed by atoms with Crippen LogP contribution in [-0.2, 0) is 5.41 Å². The van der Waals surface area contributed by atoms with E-state index < -0.39 is 5.76 Å². The van der Waals surface area contributed by atoms with Crippen molar-refractivity contribution in [2.24, 2.45) is 0 Å². The SMILES string of the molecule is CC(C)(C)c1nnsc1-c1n[nH]c(=O)o1. The Morgan fingerprint density at radius 1 is 1.40 bits per heavy atom. The molecule has 0 unspecified atom stereocenters. The summed E-state index contributed by atoms with van der Waals surface area (Å²) in [5.41, 5.74) is 0.627. The second-order valence-electron chi connectivity index (χ2n) is 4.12. The molecule has 0 radical (unpaired) electrons. The second-order valence-corrected chi connectivity index (χ2v) is 4.87. The van der Waals surface area contributed by atoms with Crippen LogP contribution in [-0.4, -0.2) is 19.8 Å². The van der Waals surface area contributed by atoms with Gasteiger partial charge in [-0.25, -0.2) is 9.89 Å². The van der Waals surface area contributed by atoms with Crippen molar-refractivity contribution in [1.29, 1.82) is 0 Å². The number of hydrogen-bond donors (Lipinski definition) is 1. The van der Waals surface area contributed by atoms with Gasteiger partial charge in [-0.2, -0.15) is 0 Å². The molecule has 1 N–H and O–H groups in total. The van der Waals surface area contributed by atoms with Crippen LogP contribution in [0.1, 0.15) is 26.5 Å². The first-order chi connectivity index (χ1) is 6.98. The van der Waals surface area contributed by atoms with Crippen LogP contribution in [0.4, 0.5) is 0 Å². The lowest BCUT2D eigenvalue weighted by Gasteiger charge is -2.14. The predicted octanol–water partition coefficient (Wildman–Crippen LogP) is 1.18. The molecule has 2 aromatic heterocycles. The molecule has 0 aliphatic heterocycles. The zero-order valence-electron chi connectivity index (χ0n) is 8.57. The van der Waals surface area contributed by atoms with Crippen LogP contribution in [0.5, 0.6) is 0 Å². The zero-order valence-corrected chi connectivity index (χ0v) is 9.38. The molecule has 0 spiro atoms. The second kappa shape index (κ2) is 3.27. The van der Waals surface area contributed by atoms with Crippen molar-refractivity contribution in [2.75, 3.05) is 0 Å². The molecule has 2 rings (SSSR count). The third-order valence-electron chi connectivity index (χ3n) is 1.83. The van der Waals surface area contributed by atoms with E-state index >= 15 is 0 Å². The number of nitrogens with one attached hydrogen (secondary N) is 1. The molecule has 2 heterocycles. The lowest BCUT2D eigenvalue weighted by atomic mass is 9.91. The first-order valence-corrected chi connectivity index (χ1v) is 5.14. The van der Waals surface area contributed by atoms with Crippen molar-refractivity contribution < 1.29 is 4.42 Å². The van der Waals surface area contributed by atoms with Gasteiger partial charge in [-0.1, -0.05) is 25.3 Å². The largest absolute Gasteiger partial charge is 0.434 e. The molecule has 15 heavy (non-hydrogen) atoms. The Labute approximate surface area is 89.5 Å². The van der Waals surface area contributed by atoms with E-state index in [9.17, 15) is 4.79 Å². The third-order valence-corrected chi connectivity index (χ3v) is 2.54. The summed E-state index contributed by atoms with van der Waals surface area (Å²) in [6, 6.07) is 0. The predicted molar refractivity (Wildman–Crippen MR) is 54.7 cm³/mol. The lowest BCUT2D eigenvalue weighted by Crippen LogP contribution is -2.13. The fraction of sp³-hybridized carbons (Fsp3) is 0.500. The first-order valence-electron chi connectivity index (χ1n) is 4.37. The Balaban J connectivity index is 2.55. The maximum atomic E-state index is 10.8. The highest BCUT2D eigenvalue weighted by atomic mass is 32.1. The van der Waals surface area contributed by atoms with Crippen LogP contribution >= 0.6 is 11.5 Å².